The molecule has 0 bridgehead atoms. The summed E-state index contributed by atoms with van der Waals surface area (Å²) in [6.45, 7) is 4.13. The van der Waals surface area contributed by atoms with Crippen LogP contribution in [0.1, 0.15) is 63.4 Å². The second kappa shape index (κ2) is 10.9. The smallest absolute Gasteiger partial charge is 0.259 e. The number of benzene rings is 2. The fraction of sp³-hybridized carbons (Fsp3) is 0.267. The highest BCUT2D eigenvalue weighted by Gasteiger charge is 2.24. The van der Waals surface area contributed by atoms with Gasteiger partial charge in [0.1, 0.15) is 16.5 Å². The van der Waals surface area contributed by atoms with E-state index in [4.69, 9.17) is 21.0 Å². The molecule has 0 atom stereocenters. The first-order valence-corrected chi connectivity index (χ1v) is 13.6. The molecule has 6 heteroatoms. The molecule has 0 fully saturated rings. The van der Waals surface area contributed by atoms with E-state index in [1.54, 1.807) is 17.6 Å². The molecule has 5 rings (SSSR count). The topological polar surface area (TPSA) is 54.6 Å². The fourth-order valence-electron chi connectivity index (χ4n) is 4.56. The molecule has 0 radical (unpaired) electrons. The molecule has 2 aromatic heterocycles. The minimum Gasteiger partial charge on any atom is -0.455 e. The first-order chi connectivity index (χ1) is 17.5. The third kappa shape index (κ3) is 5.48. The second-order valence-electron chi connectivity index (χ2n) is 9.32. The van der Waals surface area contributed by atoms with E-state index in [2.05, 4.69) is 19.2 Å². The summed E-state index contributed by atoms with van der Waals surface area (Å²) in [5.74, 6) is 1.30. The Labute approximate surface area is 221 Å². The highest BCUT2D eigenvalue weighted by Crippen LogP contribution is 2.39. The average molecular weight is 517 g/mol. The maximum atomic E-state index is 13.6. The van der Waals surface area contributed by atoms with Crippen molar-refractivity contribution >= 4 is 45.7 Å². The van der Waals surface area contributed by atoms with Gasteiger partial charge in [-0.3, -0.25) is 4.79 Å². The van der Waals surface area contributed by atoms with Gasteiger partial charge in [-0.2, -0.15) is 0 Å². The van der Waals surface area contributed by atoms with Crippen LogP contribution in [-0.2, 0) is 12.8 Å². The van der Waals surface area contributed by atoms with E-state index in [1.807, 2.05) is 54.6 Å². The van der Waals surface area contributed by atoms with Crippen LogP contribution in [0, 0.1) is 13.8 Å². The number of amides is 1. The molecule has 4 nitrogen and oxygen atoms in total. The Morgan fingerprint density at radius 1 is 0.972 bits per heavy atom. The van der Waals surface area contributed by atoms with Crippen molar-refractivity contribution in [2.45, 2.75) is 52.4 Å². The van der Waals surface area contributed by atoms with Crippen molar-refractivity contribution in [2.75, 3.05) is 5.32 Å². The highest BCUT2D eigenvalue weighted by molar-refractivity contribution is 7.16. The molecule has 0 saturated heterocycles. The number of carbonyl (C=O) groups is 1. The van der Waals surface area contributed by atoms with Crippen LogP contribution in [0.3, 0.4) is 0 Å². The van der Waals surface area contributed by atoms with Crippen molar-refractivity contribution in [3.05, 3.63) is 92.5 Å². The molecule has 1 N–H and O–H groups in total. The largest absolute Gasteiger partial charge is 0.455 e. The molecule has 2 aromatic carbocycles. The van der Waals surface area contributed by atoms with E-state index in [0.717, 1.165) is 58.8 Å². The van der Waals surface area contributed by atoms with Crippen LogP contribution in [0.25, 0.3) is 11.3 Å². The van der Waals surface area contributed by atoms with Crippen molar-refractivity contribution < 1.29 is 9.21 Å². The molecule has 2 heterocycles. The van der Waals surface area contributed by atoms with Gasteiger partial charge < -0.3 is 9.73 Å². The molecule has 184 valence electrons. The van der Waals surface area contributed by atoms with E-state index >= 15 is 0 Å². The molecule has 1 amide bonds. The normalized spacial score (nSPS) is 13.9. The van der Waals surface area contributed by atoms with E-state index in [0.29, 0.717) is 16.3 Å². The molecular formula is C30H29ClN2O2S. The number of hydrogen-bond donors (Lipinski definition) is 1. The van der Waals surface area contributed by atoms with Crippen molar-refractivity contribution in [3.63, 3.8) is 0 Å². The summed E-state index contributed by atoms with van der Waals surface area (Å²) < 4.78 is 6.01. The van der Waals surface area contributed by atoms with Crippen LogP contribution in [0.4, 0.5) is 10.7 Å². The summed E-state index contributed by atoms with van der Waals surface area (Å²) in [5.41, 5.74) is 5.98. The van der Waals surface area contributed by atoms with Crippen molar-refractivity contribution in [1.82, 2.24) is 0 Å². The van der Waals surface area contributed by atoms with Crippen LogP contribution < -0.4 is 5.32 Å². The average Bonchev–Trinajstić information content (AvgIpc) is 3.45. The first kappa shape index (κ1) is 24.5. The predicted molar refractivity (Wildman–Crippen MR) is 150 cm³/mol. The third-order valence-electron chi connectivity index (χ3n) is 6.71. The Balaban J connectivity index is 1.46. The van der Waals surface area contributed by atoms with Crippen LogP contribution in [0.2, 0.25) is 5.02 Å². The molecule has 36 heavy (non-hydrogen) atoms. The van der Waals surface area contributed by atoms with Gasteiger partial charge >= 0.3 is 0 Å². The molecule has 1 aliphatic carbocycles. The van der Waals surface area contributed by atoms with Gasteiger partial charge in [-0.25, -0.2) is 4.99 Å². The molecule has 0 unspecified atom stereocenters. The van der Waals surface area contributed by atoms with Gasteiger partial charge in [0.05, 0.1) is 11.8 Å². The quantitative estimate of drug-likeness (QED) is 0.269. The Bertz CT molecular complexity index is 1420. The second-order valence-corrected chi connectivity index (χ2v) is 10.8. The molecule has 0 saturated carbocycles. The summed E-state index contributed by atoms with van der Waals surface area (Å²) in [5, 5.41) is 4.56. The zero-order valence-electron chi connectivity index (χ0n) is 20.6. The SMILES string of the molecule is Cc1ccc(NC(=O)c2c(N=Cc3ccc(-c4ccc(Cl)cc4)o3)sc3c2CCCCCC3)cc1C. The molecule has 0 spiro atoms. The number of halogens is 1. The number of carbonyl (C=O) groups excluding carboxylic acids is 1. The lowest BCUT2D eigenvalue weighted by atomic mass is 9.96. The van der Waals surface area contributed by atoms with Gasteiger partial charge in [0.15, 0.2) is 0 Å². The molecule has 4 aromatic rings. The standard InChI is InChI=1S/C30H29ClN2O2S/c1-19-9-14-23(17-20(19)2)33-29(34)28-25-7-5-3-4-6-8-27(25)36-30(28)32-18-24-15-16-26(35-24)21-10-12-22(31)13-11-21/h9-18H,3-8H2,1-2H3,(H,33,34). The molecular weight excluding hydrogens is 488 g/mol. The van der Waals surface area contributed by atoms with E-state index in [9.17, 15) is 4.79 Å². The maximum absolute atomic E-state index is 13.6. The van der Waals surface area contributed by atoms with E-state index in [-0.39, 0.29) is 5.91 Å². The number of nitrogens with one attached hydrogen (secondary N) is 1. The Kier molecular flexibility index (Phi) is 7.40. The Hall–Kier alpha value is -3.15. The summed E-state index contributed by atoms with van der Waals surface area (Å²) in [7, 11) is 0. The number of rotatable bonds is 5. The lowest BCUT2D eigenvalue weighted by molar-refractivity contribution is 0.102. The maximum Gasteiger partial charge on any atom is 0.259 e. The van der Waals surface area contributed by atoms with Gasteiger partial charge in [-0.1, -0.05) is 30.5 Å². The minimum absolute atomic E-state index is 0.0928. The number of furan rings is 1. The zero-order chi connectivity index (χ0) is 25.1. The van der Waals surface area contributed by atoms with Crippen molar-refractivity contribution in [2.24, 2.45) is 4.99 Å². The van der Waals surface area contributed by atoms with Crippen LogP contribution in [-0.4, -0.2) is 12.1 Å². The van der Waals surface area contributed by atoms with Crippen molar-refractivity contribution in [1.29, 1.82) is 0 Å². The number of aryl methyl sites for hydroxylation is 3. The minimum atomic E-state index is -0.0928. The Morgan fingerprint density at radius 3 is 2.53 bits per heavy atom. The molecule has 0 aliphatic heterocycles. The number of anilines is 1. The third-order valence-corrected chi connectivity index (χ3v) is 8.16. The highest BCUT2D eigenvalue weighted by atomic mass is 35.5. The zero-order valence-corrected chi connectivity index (χ0v) is 22.1. The first-order valence-electron chi connectivity index (χ1n) is 12.4. The van der Waals surface area contributed by atoms with Gasteiger partial charge in [-0.05, 0) is 105 Å². The van der Waals surface area contributed by atoms with Crippen LogP contribution in [0.15, 0.2) is 64.0 Å². The number of aliphatic imine (C=N–C) groups is 1. The van der Waals surface area contributed by atoms with Gasteiger partial charge in [0.25, 0.3) is 5.91 Å². The number of fused-ring (bicyclic) bond motifs is 1. The Morgan fingerprint density at radius 2 is 1.75 bits per heavy atom. The van der Waals surface area contributed by atoms with Crippen molar-refractivity contribution in [3.8, 4) is 11.3 Å². The van der Waals surface area contributed by atoms with Crippen LogP contribution in [0.5, 0.6) is 0 Å². The fourth-order valence-corrected chi connectivity index (χ4v) is 5.91. The van der Waals surface area contributed by atoms with Gasteiger partial charge in [0.2, 0.25) is 0 Å². The lowest BCUT2D eigenvalue weighted by Crippen LogP contribution is -2.14. The van der Waals surface area contributed by atoms with Gasteiger partial charge in [0, 0.05) is 21.2 Å². The summed E-state index contributed by atoms with van der Waals surface area (Å²) in [6.07, 6.45) is 8.31. The number of hydrogen-bond acceptors (Lipinski definition) is 4. The number of nitrogens with zero attached hydrogens (tertiary/aromatic N) is 1. The van der Waals surface area contributed by atoms with E-state index in [1.165, 1.54) is 23.3 Å². The van der Waals surface area contributed by atoms with E-state index < -0.39 is 0 Å². The number of thiophene rings is 1. The summed E-state index contributed by atoms with van der Waals surface area (Å²) in [6, 6.07) is 17.4. The lowest BCUT2D eigenvalue weighted by Gasteiger charge is -2.12. The summed E-state index contributed by atoms with van der Waals surface area (Å²) in [4.78, 5) is 19.6. The predicted octanol–water partition coefficient (Wildman–Crippen LogP) is 8.94. The molecule has 1 aliphatic rings. The van der Waals surface area contributed by atoms with Gasteiger partial charge in [-0.15, -0.1) is 11.3 Å². The monoisotopic (exact) mass is 516 g/mol. The summed E-state index contributed by atoms with van der Waals surface area (Å²) >= 11 is 7.65. The van der Waals surface area contributed by atoms with Crippen LogP contribution >= 0.6 is 22.9 Å².